The van der Waals surface area contributed by atoms with Gasteiger partial charge < -0.3 is 20.1 Å². The second kappa shape index (κ2) is 8.44. The van der Waals surface area contributed by atoms with Gasteiger partial charge in [0.15, 0.2) is 0 Å². The Labute approximate surface area is 140 Å². The van der Waals surface area contributed by atoms with E-state index in [0.29, 0.717) is 17.5 Å². The molecule has 2 N–H and O–H groups in total. The largest absolute Gasteiger partial charge is 0.478 e. The van der Waals surface area contributed by atoms with Crippen molar-refractivity contribution < 1.29 is 24.2 Å². The van der Waals surface area contributed by atoms with Crippen molar-refractivity contribution in [1.29, 1.82) is 0 Å². The summed E-state index contributed by atoms with van der Waals surface area (Å²) in [5.74, 6) is -1.43. The van der Waals surface area contributed by atoms with E-state index in [2.05, 4.69) is 10.1 Å². The van der Waals surface area contributed by atoms with Crippen molar-refractivity contribution in [3.05, 3.63) is 35.9 Å². The minimum absolute atomic E-state index is 0.353. The molecule has 0 saturated carbocycles. The molecule has 0 aliphatic carbocycles. The number of piperazine rings is 1. The number of nitrogens with zero attached hydrogens (tertiary/aromatic N) is 1. The first-order chi connectivity index (χ1) is 11.5. The Morgan fingerprint density at radius 2 is 2.04 bits per heavy atom. The number of carboxylic acids is 1. The van der Waals surface area contributed by atoms with Crippen LogP contribution in [0.2, 0.25) is 0 Å². The molecule has 130 valence electrons. The summed E-state index contributed by atoms with van der Waals surface area (Å²) in [4.78, 5) is 34.5. The molecule has 7 nitrogen and oxygen atoms in total. The number of hydrogen-bond donors (Lipinski definition) is 2. The van der Waals surface area contributed by atoms with Crippen molar-refractivity contribution in [2.75, 3.05) is 19.6 Å². The number of aliphatic carboxylic acids is 1. The van der Waals surface area contributed by atoms with Crippen LogP contribution in [0.4, 0.5) is 0 Å². The Balaban J connectivity index is 0.000000182. The van der Waals surface area contributed by atoms with Gasteiger partial charge in [0.25, 0.3) is 0 Å². The Kier molecular flexibility index (Phi) is 6.31. The third-order valence-corrected chi connectivity index (χ3v) is 3.97. The molecule has 2 aliphatic heterocycles. The Hall–Kier alpha value is -2.41. The van der Waals surface area contributed by atoms with Gasteiger partial charge in [-0.05, 0) is 6.42 Å². The average Bonchev–Trinajstić information content (AvgIpc) is 2.95. The zero-order valence-electron chi connectivity index (χ0n) is 13.6. The standard InChI is InChI=1S/C10H10O4.C7H12N2O/c1-7(11)14-9(10(12)13)8-5-3-2-4-6-8;10-7-2-1-6-5-8-3-4-9(6)7/h2-6,9H,1H3,(H,12,13);6,8H,1-5H2/t9-;/m0./s1. The molecule has 2 saturated heterocycles. The van der Waals surface area contributed by atoms with Crippen LogP contribution in [0.5, 0.6) is 0 Å². The molecule has 0 spiro atoms. The summed E-state index contributed by atoms with van der Waals surface area (Å²) < 4.78 is 4.66. The zero-order valence-corrected chi connectivity index (χ0v) is 13.6. The number of carbonyl (C=O) groups excluding carboxylic acids is 2. The van der Waals surface area contributed by atoms with E-state index in [1.807, 2.05) is 4.90 Å². The van der Waals surface area contributed by atoms with Crippen molar-refractivity contribution >= 4 is 17.8 Å². The average molecular weight is 334 g/mol. The van der Waals surface area contributed by atoms with E-state index < -0.39 is 18.0 Å². The van der Waals surface area contributed by atoms with E-state index >= 15 is 0 Å². The fourth-order valence-electron chi connectivity index (χ4n) is 2.84. The number of hydrogen-bond acceptors (Lipinski definition) is 5. The Bertz CT molecular complexity index is 590. The van der Waals surface area contributed by atoms with Crippen molar-refractivity contribution in [3.63, 3.8) is 0 Å². The molecule has 2 aliphatic rings. The second-order valence-electron chi connectivity index (χ2n) is 5.72. The molecule has 0 aromatic heterocycles. The maximum atomic E-state index is 11.1. The number of esters is 1. The summed E-state index contributed by atoms with van der Waals surface area (Å²) in [6.07, 6.45) is 0.617. The Morgan fingerprint density at radius 1 is 1.33 bits per heavy atom. The fourth-order valence-corrected chi connectivity index (χ4v) is 2.84. The molecule has 1 aromatic rings. The molecule has 1 unspecified atom stereocenters. The first-order valence-electron chi connectivity index (χ1n) is 7.94. The van der Waals surface area contributed by atoms with E-state index in [1.54, 1.807) is 30.3 Å². The number of amides is 1. The highest BCUT2D eigenvalue weighted by atomic mass is 16.6. The van der Waals surface area contributed by atoms with E-state index in [4.69, 9.17) is 5.11 Å². The van der Waals surface area contributed by atoms with Gasteiger partial charge in [-0.3, -0.25) is 9.59 Å². The van der Waals surface area contributed by atoms with Crippen LogP contribution in [0.1, 0.15) is 31.4 Å². The van der Waals surface area contributed by atoms with Crippen molar-refractivity contribution in [3.8, 4) is 0 Å². The smallest absolute Gasteiger partial charge is 0.349 e. The maximum absolute atomic E-state index is 11.1. The molecule has 0 radical (unpaired) electrons. The first-order valence-corrected chi connectivity index (χ1v) is 7.94. The highest BCUT2D eigenvalue weighted by Gasteiger charge is 2.32. The Morgan fingerprint density at radius 3 is 2.62 bits per heavy atom. The van der Waals surface area contributed by atoms with E-state index in [0.717, 1.165) is 32.5 Å². The van der Waals surface area contributed by atoms with Crippen LogP contribution in [-0.4, -0.2) is 53.5 Å². The zero-order chi connectivity index (χ0) is 17.5. The van der Waals surface area contributed by atoms with Gasteiger partial charge in [0.2, 0.25) is 12.0 Å². The van der Waals surface area contributed by atoms with Crippen LogP contribution in [0, 0.1) is 0 Å². The van der Waals surface area contributed by atoms with Crippen LogP contribution in [0.15, 0.2) is 30.3 Å². The molecule has 7 heteroatoms. The molecule has 3 rings (SSSR count). The van der Waals surface area contributed by atoms with Gasteiger partial charge >= 0.3 is 11.9 Å². The van der Waals surface area contributed by atoms with E-state index in [-0.39, 0.29) is 0 Å². The van der Waals surface area contributed by atoms with E-state index in [9.17, 15) is 14.4 Å². The summed E-state index contributed by atoms with van der Waals surface area (Å²) in [5.41, 5.74) is 0.454. The monoisotopic (exact) mass is 334 g/mol. The van der Waals surface area contributed by atoms with Gasteiger partial charge in [0.1, 0.15) is 0 Å². The molecule has 2 atom stereocenters. The maximum Gasteiger partial charge on any atom is 0.349 e. The number of benzene rings is 1. The van der Waals surface area contributed by atoms with Crippen molar-refractivity contribution in [2.24, 2.45) is 0 Å². The van der Waals surface area contributed by atoms with Crippen LogP contribution in [0.3, 0.4) is 0 Å². The topological polar surface area (TPSA) is 95.9 Å². The predicted molar refractivity (Wildman–Crippen MR) is 86.2 cm³/mol. The molecule has 2 fully saturated rings. The van der Waals surface area contributed by atoms with Gasteiger partial charge in [0.05, 0.1) is 0 Å². The summed E-state index contributed by atoms with van der Waals surface area (Å²) >= 11 is 0. The lowest BCUT2D eigenvalue weighted by Crippen LogP contribution is -2.49. The highest BCUT2D eigenvalue weighted by molar-refractivity contribution is 5.79. The lowest BCUT2D eigenvalue weighted by Gasteiger charge is -2.29. The summed E-state index contributed by atoms with van der Waals surface area (Å²) in [7, 11) is 0. The molecular formula is C17H22N2O5. The fraction of sp³-hybridized carbons (Fsp3) is 0.471. The number of nitrogens with one attached hydrogen (secondary N) is 1. The number of ether oxygens (including phenoxy) is 1. The second-order valence-corrected chi connectivity index (χ2v) is 5.72. The van der Waals surface area contributed by atoms with Crippen LogP contribution < -0.4 is 5.32 Å². The first kappa shape index (κ1) is 17.9. The molecule has 1 aromatic carbocycles. The molecular weight excluding hydrogens is 312 g/mol. The minimum atomic E-state index is -1.21. The van der Waals surface area contributed by atoms with Crippen molar-refractivity contribution in [1.82, 2.24) is 10.2 Å². The number of fused-ring (bicyclic) bond motifs is 1. The SMILES string of the molecule is CC(=O)O[C@H](C(=O)O)c1ccccc1.O=C1CCC2CNCCN12. The molecule has 1 amide bonds. The molecule has 24 heavy (non-hydrogen) atoms. The van der Waals surface area contributed by atoms with Gasteiger partial charge in [0, 0.05) is 44.6 Å². The quantitative estimate of drug-likeness (QED) is 0.799. The lowest BCUT2D eigenvalue weighted by molar-refractivity contribution is -0.163. The minimum Gasteiger partial charge on any atom is -0.478 e. The van der Waals surface area contributed by atoms with Crippen LogP contribution in [0.25, 0.3) is 0 Å². The van der Waals surface area contributed by atoms with Gasteiger partial charge in [-0.15, -0.1) is 0 Å². The van der Waals surface area contributed by atoms with Gasteiger partial charge in [-0.1, -0.05) is 30.3 Å². The van der Waals surface area contributed by atoms with Crippen LogP contribution in [-0.2, 0) is 19.1 Å². The lowest BCUT2D eigenvalue weighted by atomic mass is 10.1. The summed E-state index contributed by atoms with van der Waals surface area (Å²) in [6, 6.07) is 8.85. The summed E-state index contributed by atoms with van der Waals surface area (Å²) in [6.45, 7) is 4.08. The third kappa shape index (κ3) is 4.79. The number of rotatable bonds is 3. The van der Waals surface area contributed by atoms with E-state index in [1.165, 1.54) is 6.92 Å². The highest BCUT2D eigenvalue weighted by Crippen LogP contribution is 2.19. The summed E-state index contributed by atoms with van der Waals surface area (Å²) in [5, 5.41) is 12.1. The van der Waals surface area contributed by atoms with Crippen LogP contribution >= 0.6 is 0 Å². The number of carboxylic acid groups (broad SMARTS) is 1. The molecule has 0 bridgehead atoms. The van der Waals surface area contributed by atoms with Gasteiger partial charge in [-0.2, -0.15) is 0 Å². The van der Waals surface area contributed by atoms with Crippen molar-refractivity contribution in [2.45, 2.75) is 31.9 Å². The molecule has 2 heterocycles. The number of carbonyl (C=O) groups is 3. The van der Waals surface area contributed by atoms with Gasteiger partial charge in [-0.25, -0.2) is 4.79 Å². The predicted octanol–water partition coefficient (Wildman–Crippen LogP) is 0.956. The normalized spacial score (nSPS) is 20.5. The third-order valence-electron chi connectivity index (χ3n) is 3.97.